The number of hydrogen-bond donors (Lipinski definition) is 2. The average molecular weight is 444 g/mol. The molecule has 31 heavy (non-hydrogen) atoms. The molecule has 0 aromatic carbocycles. The van der Waals surface area contributed by atoms with Crippen molar-refractivity contribution in [3.8, 4) is 0 Å². The number of carboxylic acids is 1. The first-order valence-corrected chi connectivity index (χ1v) is 9.59. The molecule has 170 valence electrons. The minimum absolute atomic E-state index is 0.0457. The molecule has 0 aliphatic carbocycles. The molecule has 0 bridgehead atoms. The summed E-state index contributed by atoms with van der Waals surface area (Å²) in [5, 5.41) is 10.1. The molecule has 3 atom stereocenters. The van der Waals surface area contributed by atoms with Crippen LogP contribution in [0.3, 0.4) is 0 Å². The molecule has 12 heteroatoms. The van der Waals surface area contributed by atoms with Gasteiger partial charge in [0.2, 0.25) is 5.91 Å². The molecule has 2 aromatic rings. The van der Waals surface area contributed by atoms with Crippen LogP contribution in [0.25, 0.3) is 0 Å². The normalized spacial score (nSPS) is 23.2. The number of aliphatic carboxylic acids is 1. The summed E-state index contributed by atoms with van der Waals surface area (Å²) in [6, 6.07) is 2.30. The summed E-state index contributed by atoms with van der Waals surface area (Å²) in [5.74, 6) is -1.97. The molecular formula is C19H23F3N4O5. The number of likely N-dealkylation sites (tertiary alicyclic amines) is 1. The number of aryl methyl sites for hydroxylation is 1. The van der Waals surface area contributed by atoms with Gasteiger partial charge in [-0.3, -0.25) is 9.69 Å². The van der Waals surface area contributed by atoms with Gasteiger partial charge in [-0.15, -0.1) is 0 Å². The number of imidazole rings is 1. The van der Waals surface area contributed by atoms with Crippen LogP contribution in [-0.4, -0.2) is 62.4 Å². The summed E-state index contributed by atoms with van der Waals surface area (Å²) in [4.78, 5) is 27.9. The Hall–Kier alpha value is -2.86. The topological polar surface area (TPSA) is 110 Å². The summed E-state index contributed by atoms with van der Waals surface area (Å²) in [5.41, 5.74) is 1.17. The third kappa shape index (κ3) is 5.85. The lowest BCUT2D eigenvalue weighted by Gasteiger charge is -2.21. The number of carboxylic acid groups (broad SMARTS) is 1. The summed E-state index contributed by atoms with van der Waals surface area (Å²) in [6.45, 7) is 2.28. The van der Waals surface area contributed by atoms with Gasteiger partial charge in [0.05, 0.1) is 25.2 Å². The fourth-order valence-corrected chi connectivity index (χ4v) is 3.66. The van der Waals surface area contributed by atoms with E-state index in [0.29, 0.717) is 12.6 Å². The molecule has 2 N–H and O–H groups in total. The van der Waals surface area contributed by atoms with Crippen molar-refractivity contribution < 1.29 is 37.0 Å². The van der Waals surface area contributed by atoms with Crippen molar-refractivity contribution in [3.63, 3.8) is 0 Å². The van der Waals surface area contributed by atoms with E-state index >= 15 is 0 Å². The Morgan fingerprint density at radius 3 is 2.71 bits per heavy atom. The molecule has 0 spiro atoms. The second-order valence-electron chi connectivity index (χ2n) is 7.33. The highest BCUT2D eigenvalue weighted by molar-refractivity contribution is 5.81. The van der Waals surface area contributed by atoms with Crippen LogP contribution in [0.15, 0.2) is 35.4 Å². The molecule has 0 radical (unpaired) electrons. The first-order valence-electron chi connectivity index (χ1n) is 9.59. The van der Waals surface area contributed by atoms with E-state index in [-0.39, 0.29) is 18.1 Å². The molecular weight excluding hydrogens is 421 g/mol. The van der Waals surface area contributed by atoms with Crippen molar-refractivity contribution >= 4 is 11.9 Å². The van der Waals surface area contributed by atoms with Crippen molar-refractivity contribution in [2.75, 3.05) is 6.54 Å². The maximum absolute atomic E-state index is 12.4. The monoisotopic (exact) mass is 444 g/mol. The Morgan fingerprint density at radius 2 is 2.13 bits per heavy atom. The smallest absolute Gasteiger partial charge is 0.475 e. The minimum atomic E-state index is -5.08. The van der Waals surface area contributed by atoms with Crippen molar-refractivity contribution in [2.45, 2.75) is 50.4 Å². The lowest BCUT2D eigenvalue weighted by Crippen LogP contribution is -2.36. The van der Waals surface area contributed by atoms with Crippen LogP contribution in [0.2, 0.25) is 0 Å². The highest BCUT2D eigenvalue weighted by Crippen LogP contribution is 2.34. The Labute approximate surface area is 175 Å². The number of ether oxygens (including phenoxy) is 1. The predicted molar refractivity (Wildman–Crippen MR) is 99.5 cm³/mol. The number of halogens is 3. The third-order valence-electron chi connectivity index (χ3n) is 5.24. The van der Waals surface area contributed by atoms with Crippen molar-refractivity contribution in [3.05, 3.63) is 42.4 Å². The van der Waals surface area contributed by atoms with E-state index in [9.17, 15) is 18.0 Å². The zero-order valence-corrected chi connectivity index (χ0v) is 16.7. The van der Waals surface area contributed by atoms with Gasteiger partial charge in [0, 0.05) is 50.6 Å². The van der Waals surface area contributed by atoms with E-state index in [1.165, 1.54) is 5.56 Å². The van der Waals surface area contributed by atoms with E-state index in [0.717, 1.165) is 31.8 Å². The van der Waals surface area contributed by atoms with Gasteiger partial charge in [-0.05, 0) is 12.5 Å². The number of carbonyl (C=O) groups excluding carboxylic acids is 1. The van der Waals surface area contributed by atoms with Crippen LogP contribution in [0.1, 0.15) is 24.2 Å². The van der Waals surface area contributed by atoms with Gasteiger partial charge in [0.15, 0.2) is 0 Å². The number of nitrogens with zero attached hydrogens (tertiary/aromatic N) is 3. The Balaban J connectivity index is 0.000000339. The number of nitrogens with one attached hydrogen (secondary N) is 1. The summed E-state index contributed by atoms with van der Waals surface area (Å²) in [6.07, 6.45) is 3.49. The van der Waals surface area contributed by atoms with E-state index in [4.69, 9.17) is 19.1 Å². The van der Waals surface area contributed by atoms with E-state index in [1.54, 1.807) is 18.7 Å². The molecule has 2 aromatic heterocycles. The van der Waals surface area contributed by atoms with Crippen molar-refractivity contribution in [2.24, 2.45) is 7.05 Å². The van der Waals surface area contributed by atoms with E-state index in [1.807, 2.05) is 23.9 Å². The van der Waals surface area contributed by atoms with Crippen LogP contribution in [-0.2, 0) is 34.5 Å². The highest BCUT2D eigenvalue weighted by Gasteiger charge is 2.45. The van der Waals surface area contributed by atoms with Crippen molar-refractivity contribution in [1.82, 2.24) is 19.8 Å². The first-order chi connectivity index (χ1) is 14.6. The van der Waals surface area contributed by atoms with Crippen molar-refractivity contribution in [1.29, 1.82) is 0 Å². The number of rotatable bonds is 5. The molecule has 4 heterocycles. The predicted octanol–water partition coefficient (Wildman–Crippen LogP) is 1.69. The number of fused-ring (bicyclic) bond motifs is 1. The second kappa shape index (κ2) is 9.52. The number of furan rings is 1. The maximum atomic E-state index is 12.4. The number of alkyl halides is 3. The zero-order valence-electron chi connectivity index (χ0n) is 16.7. The van der Waals surface area contributed by atoms with Gasteiger partial charge >= 0.3 is 12.1 Å². The molecule has 2 saturated heterocycles. The minimum Gasteiger partial charge on any atom is -0.475 e. The lowest BCUT2D eigenvalue weighted by atomic mass is 10.1. The van der Waals surface area contributed by atoms with Gasteiger partial charge in [-0.2, -0.15) is 13.2 Å². The second-order valence-corrected chi connectivity index (χ2v) is 7.33. The van der Waals surface area contributed by atoms with Gasteiger partial charge in [0.25, 0.3) is 0 Å². The van der Waals surface area contributed by atoms with Gasteiger partial charge in [0.1, 0.15) is 11.9 Å². The van der Waals surface area contributed by atoms with Crippen LogP contribution < -0.4 is 5.32 Å². The molecule has 0 unspecified atom stereocenters. The molecule has 1 amide bonds. The summed E-state index contributed by atoms with van der Waals surface area (Å²) < 4.78 is 44.8. The SMILES string of the molecule is Cn1ccnc1CNC(=O)[C@@H]1C[C@@H]2[C@@H](CCN2Cc2ccoc2)O1.O=C(O)C(F)(F)F. The molecule has 4 rings (SSSR count). The molecule has 0 saturated carbocycles. The van der Waals surface area contributed by atoms with Crippen LogP contribution in [0.4, 0.5) is 13.2 Å². The quantitative estimate of drug-likeness (QED) is 0.722. The third-order valence-corrected chi connectivity index (χ3v) is 5.24. The zero-order chi connectivity index (χ0) is 22.6. The number of carbonyl (C=O) groups is 2. The molecule has 2 aliphatic heterocycles. The standard InChI is InChI=1S/C17H22N4O3.C2HF3O2/c1-20-6-4-18-16(20)9-19-17(22)15-8-13-14(24-15)2-5-21(13)10-12-3-7-23-11-12;3-2(4,5)1(6)7/h3-4,6-7,11,13-15H,2,5,8-10H2,1H3,(H,19,22);(H,6,7)/t13-,14-,15+;/m1./s1. The largest absolute Gasteiger partial charge is 0.490 e. The van der Waals surface area contributed by atoms with Crippen LogP contribution in [0.5, 0.6) is 0 Å². The molecule has 2 aliphatic rings. The maximum Gasteiger partial charge on any atom is 0.490 e. The number of hydrogen-bond acceptors (Lipinski definition) is 6. The fraction of sp³-hybridized carbons (Fsp3) is 0.526. The van der Waals surface area contributed by atoms with Gasteiger partial charge in [-0.25, -0.2) is 9.78 Å². The van der Waals surface area contributed by atoms with E-state index in [2.05, 4.69) is 15.2 Å². The van der Waals surface area contributed by atoms with E-state index < -0.39 is 12.1 Å². The van der Waals surface area contributed by atoms with Gasteiger partial charge in [-0.1, -0.05) is 0 Å². The number of aromatic nitrogens is 2. The fourth-order valence-electron chi connectivity index (χ4n) is 3.66. The Morgan fingerprint density at radius 1 is 1.39 bits per heavy atom. The van der Waals surface area contributed by atoms with Gasteiger partial charge < -0.3 is 24.1 Å². The first kappa shape index (κ1) is 22.8. The average Bonchev–Trinajstić information content (AvgIpc) is 3.47. The lowest BCUT2D eigenvalue weighted by molar-refractivity contribution is -0.192. The van der Waals surface area contributed by atoms with Crippen LogP contribution in [0, 0.1) is 0 Å². The number of amides is 1. The summed E-state index contributed by atoms with van der Waals surface area (Å²) >= 11 is 0. The Bertz CT molecular complexity index is 883. The molecule has 9 nitrogen and oxygen atoms in total. The van der Waals surface area contributed by atoms with Crippen LogP contribution >= 0.6 is 0 Å². The summed E-state index contributed by atoms with van der Waals surface area (Å²) in [7, 11) is 1.92. The Kier molecular flexibility index (Phi) is 7.01. The molecule has 2 fully saturated rings. The highest BCUT2D eigenvalue weighted by atomic mass is 19.4.